The van der Waals surface area contributed by atoms with Crippen molar-refractivity contribution >= 4 is 11.7 Å². The van der Waals surface area contributed by atoms with Crippen molar-refractivity contribution in [1.82, 2.24) is 0 Å². The quantitative estimate of drug-likeness (QED) is 0.851. The molecule has 0 spiro atoms. The van der Waals surface area contributed by atoms with Gasteiger partial charge in [0.05, 0.1) is 0 Å². The van der Waals surface area contributed by atoms with E-state index in [1.54, 1.807) is 12.1 Å². The Hall–Kier alpha value is -2.36. The number of benzene rings is 2. The van der Waals surface area contributed by atoms with Gasteiger partial charge in [0.25, 0.3) is 0 Å². The van der Waals surface area contributed by atoms with Gasteiger partial charge in [0.2, 0.25) is 0 Å². The summed E-state index contributed by atoms with van der Waals surface area (Å²) in [7, 11) is 0. The smallest absolute Gasteiger partial charge is 0.329 e. The molecule has 0 heterocycles. The molecule has 0 aliphatic carbocycles. The lowest BCUT2D eigenvalue weighted by Gasteiger charge is -2.30. The van der Waals surface area contributed by atoms with Gasteiger partial charge in [0.1, 0.15) is 11.4 Å². The molecular formula is C17H18FNO2. The molecule has 0 fully saturated rings. The number of aliphatic carboxylic acids is 1. The summed E-state index contributed by atoms with van der Waals surface area (Å²) in [5, 5.41) is 12.7. The van der Waals surface area contributed by atoms with Gasteiger partial charge in [-0.1, -0.05) is 43.3 Å². The molecule has 2 aromatic rings. The lowest BCUT2D eigenvalue weighted by Crippen LogP contribution is -2.48. The molecule has 0 aliphatic rings. The number of nitrogens with one attached hydrogen (secondary N) is 1. The van der Waals surface area contributed by atoms with E-state index < -0.39 is 17.3 Å². The third kappa shape index (κ3) is 3.60. The fourth-order valence-electron chi connectivity index (χ4n) is 2.32. The first-order chi connectivity index (χ1) is 10.1. The molecule has 4 heteroatoms. The van der Waals surface area contributed by atoms with Crippen molar-refractivity contribution in [1.29, 1.82) is 0 Å². The monoisotopic (exact) mass is 287 g/mol. The third-order valence-electron chi connectivity index (χ3n) is 3.57. The molecule has 0 radical (unpaired) electrons. The Kier molecular flexibility index (Phi) is 4.58. The van der Waals surface area contributed by atoms with Gasteiger partial charge < -0.3 is 10.4 Å². The summed E-state index contributed by atoms with van der Waals surface area (Å²) in [6.45, 7) is 1.81. The maximum atomic E-state index is 13.3. The van der Waals surface area contributed by atoms with Gasteiger partial charge in [-0.3, -0.25) is 0 Å². The van der Waals surface area contributed by atoms with Gasteiger partial charge in [-0.2, -0.15) is 0 Å². The van der Waals surface area contributed by atoms with Gasteiger partial charge in [0, 0.05) is 12.1 Å². The molecule has 0 saturated carbocycles. The largest absolute Gasteiger partial charge is 0.479 e. The van der Waals surface area contributed by atoms with E-state index in [-0.39, 0.29) is 0 Å². The van der Waals surface area contributed by atoms with Gasteiger partial charge >= 0.3 is 5.97 Å². The van der Waals surface area contributed by atoms with Crippen molar-refractivity contribution in [2.45, 2.75) is 25.3 Å². The Morgan fingerprint density at radius 2 is 1.90 bits per heavy atom. The Morgan fingerprint density at radius 3 is 2.48 bits per heavy atom. The van der Waals surface area contributed by atoms with Gasteiger partial charge in [-0.15, -0.1) is 0 Å². The first-order valence-electron chi connectivity index (χ1n) is 6.87. The summed E-state index contributed by atoms with van der Waals surface area (Å²) >= 11 is 0. The number of rotatable bonds is 6. The van der Waals surface area contributed by atoms with Crippen LogP contribution >= 0.6 is 0 Å². The summed E-state index contributed by atoms with van der Waals surface area (Å²) in [5.74, 6) is -1.34. The highest BCUT2D eigenvalue weighted by atomic mass is 19.1. The molecule has 1 unspecified atom stereocenters. The molecule has 3 nitrogen and oxygen atoms in total. The van der Waals surface area contributed by atoms with Crippen LogP contribution in [0.2, 0.25) is 0 Å². The Morgan fingerprint density at radius 1 is 1.19 bits per heavy atom. The number of carbonyl (C=O) groups is 1. The number of carboxylic acids is 1. The van der Waals surface area contributed by atoms with Crippen molar-refractivity contribution in [2.24, 2.45) is 0 Å². The van der Waals surface area contributed by atoms with Crippen LogP contribution in [-0.2, 0) is 11.2 Å². The number of carboxylic acid groups (broad SMARTS) is 1. The normalized spacial score (nSPS) is 13.4. The first kappa shape index (κ1) is 15.0. The van der Waals surface area contributed by atoms with Crippen molar-refractivity contribution in [2.75, 3.05) is 5.32 Å². The number of anilines is 1. The van der Waals surface area contributed by atoms with E-state index in [4.69, 9.17) is 0 Å². The number of hydrogen-bond donors (Lipinski definition) is 2. The summed E-state index contributed by atoms with van der Waals surface area (Å²) in [6.07, 6.45) is 0.712. The van der Waals surface area contributed by atoms with Gasteiger partial charge in [-0.25, -0.2) is 9.18 Å². The van der Waals surface area contributed by atoms with Crippen molar-refractivity contribution in [3.8, 4) is 0 Å². The predicted molar refractivity (Wildman–Crippen MR) is 80.8 cm³/mol. The minimum Gasteiger partial charge on any atom is -0.479 e. The third-order valence-corrected chi connectivity index (χ3v) is 3.57. The van der Waals surface area contributed by atoms with Crippen LogP contribution in [0.25, 0.3) is 0 Å². The number of halogens is 1. The standard InChI is InChI=1S/C17H18FNO2/c1-2-17(16(20)21,12-13-7-4-3-5-8-13)19-15-10-6-9-14(18)11-15/h3-11,19H,2,12H2,1H3,(H,20,21). The molecule has 0 amide bonds. The highest BCUT2D eigenvalue weighted by molar-refractivity contribution is 5.83. The molecule has 110 valence electrons. The van der Waals surface area contributed by atoms with E-state index in [2.05, 4.69) is 5.32 Å². The summed E-state index contributed by atoms with van der Waals surface area (Å²) < 4.78 is 13.3. The maximum Gasteiger partial charge on any atom is 0.329 e. The van der Waals surface area contributed by atoms with Crippen LogP contribution in [0.1, 0.15) is 18.9 Å². The molecule has 2 rings (SSSR count). The molecule has 2 N–H and O–H groups in total. The van der Waals surface area contributed by atoms with E-state index in [0.29, 0.717) is 18.5 Å². The highest BCUT2D eigenvalue weighted by Gasteiger charge is 2.36. The zero-order valence-electron chi connectivity index (χ0n) is 11.8. The molecule has 2 aromatic carbocycles. The van der Waals surface area contributed by atoms with E-state index >= 15 is 0 Å². The molecular weight excluding hydrogens is 269 g/mol. The van der Waals surface area contributed by atoms with Crippen LogP contribution in [-0.4, -0.2) is 16.6 Å². The average molecular weight is 287 g/mol. The molecule has 0 aliphatic heterocycles. The second-order valence-corrected chi connectivity index (χ2v) is 5.04. The van der Waals surface area contributed by atoms with E-state index in [9.17, 15) is 14.3 Å². The zero-order valence-corrected chi connectivity index (χ0v) is 11.8. The summed E-state index contributed by atoms with van der Waals surface area (Å²) in [5.41, 5.74) is 0.232. The first-order valence-corrected chi connectivity index (χ1v) is 6.87. The van der Waals surface area contributed by atoms with Crippen molar-refractivity contribution in [3.63, 3.8) is 0 Å². The van der Waals surface area contributed by atoms with Gasteiger partial charge in [0.15, 0.2) is 0 Å². The molecule has 0 aromatic heterocycles. The van der Waals surface area contributed by atoms with E-state index in [1.807, 2.05) is 37.3 Å². The molecule has 1 atom stereocenters. The Bertz CT molecular complexity index is 615. The maximum absolute atomic E-state index is 13.3. The minimum absolute atomic E-state index is 0.330. The molecule has 0 bridgehead atoms. The van der Waals surface area contributed by atoms with Crippen LogP contribution in [0, 0.1) is 5.82 Å². The van der Waals surface area contributed by atoms with Gasteiger partial charge in [-0.05, 0) is 30.2 Å². The van der Waals surface area contributed by atoms with Crippen LogP contribution in [0.3, 0.4) is 0 Å². The van der Waals surface area contributed by atoms with Crippen molar-refractivity contribution < 1.29 is 14.3 Å². The molecule has 21 heavy (non-hydrogen) atoms. The lowest BCUT2D eigenvalue weighted by atomic mass is 9.87. The summed E-state index contributed by atoms with van der Waals surface area (Å²) in [6, 6.07) is 15.3. The van der Waals surface area contributed by atoms with Crippen LogP contribution in [0.4, 0.5) is 10.1 Å². The fourth-order valence-corrected chi connectivity index (χ4v) is 2.32. The van der Waals surface area contributed by atoms with Crippen LogP contribution in [0.5, 0.6) is 0 Å². The predicted octanol–water partition coefficient (Wildman–Crippen LogP) is 3.71. The SMILES string of the molecule is CCC(Cc1ccccc1)(Nc1cccc(F)c1)C(=O)O. The summed E-state index contributed by atoms with van der Waals surface area (Å²) in [4.78, 5) is 11.8. The topological polar surface area (TPSA) is 49.3 Å². The van der Waals surface area contributed by atoms with E-state index in [0.717, 1.165) is 5.56 Å². The second kappa shape index (κ2) is 6.39. The van der Waals surface area contributed by atoms with Crippen LogP contribution in [0.15, 0.2) is 54.6 Å². The average Bonchev–Trinajstić information content (AvgIpc) is 2.47. The minimum atomic E-state index is -1.16. The van der Waals surface area contributed by atoms with E-state index in [1.165, 1.54) is 12.1 Å². The Labute approximate surface area is 123 Å². The molecule has 0 saturated heterocycles. The fraction of sp³-hybridized carbons (Fsp3) is 0.235. The van der Waals surface area contributed by atoms with Crippen molar-refractivity contribution in [3.05, 3.63) is 66.0 Å². The Balaban J connectivity index is 2.31. The van der Waals surface area contributed by atoms with Crippen LogP contribution < -0.4 is 5.32 Å². The highest BCUT2D eigenvalue weighted by Crippen LogP contribution is 2.24. The second-order valence-electron chi connectivity index (χ2n) is 5.04. The number of hydrogen-bond acceptors (Lipinski definition) is 2. The lowest BCUT2D eigenvalue weighted by molar-refractivity contribution is -0.142. The zero-order chi connectivity index (χ0) is 15.3.